The Bertz CT molecular complexity index is 1210. The van der Waals surface area contributed by atoms with Gasteiger partial charge in [-0.15, -0.1) is 0 Å². The Hall–Kier alpha value is -2.11. The summed E-state index contributed by atoms with van der Waals surface area (Å²) in [6.07, 6.45) is -0.669. The molecule has 33 heavy (non-hydrogen) atoms. The lowest BCUT2D eigenvalue weighted by atomic mass is 10.2. The minimum Gasteiger partial charge on any atom is -0.491 e. The molecule has 0 aliphatic carbocycles. The number of hydrogen-bond acceptors (Lipinski definition) is 7. The Labute approximate surface area is 198 Å². The van der Waals surface area contributed by atoms with Gasteiger partial charge in [-0.25, -0.2) is 13.4 Å². The number of sulfonamides is 1. The highest BCUT2D eigenvalue weighted by molar-refractivity contribution is 7.99. The number of ether oxygens (including phenoxy) is 2. The summed E-state index contributed by atoms with van der Waals surface area (Å²) in [6.45, 7) is 6.40. The second-order valence-electron chi connectivity index (χ2n) is 7.90. The Kier molecular flexibility index (Phi) is 7.60. The van der Waals surface area contributed by atoms with E-state index < -0.39 is 16.1 Å². The smallest absolute Gasteiger partial charge is 0.243 e. The zero-order valence-corrected chi connectivity index (χ0v) is 20.4. The summed E-state index contributed by atoms with van der Waals surface area (Å²) >= 11 is 1.43. The number of aromatic nitrogens is 2. The lowest BCUT2D eigenvalue weighted by Gasteiger charge is -2.26. The SMILES string of the molecule is CCn1c(SC[C@@H](O)COc2cccc(C)c2)nc2cc(S(=O)(=O)N3CCOCC3)ccc21. The number of aryl methyl sites for hydroxylation is 2. The molecule has 2 aromatic carbocycles. The number of morpholine rings is 1. The first kappa shape index (κ1) is 24.0. The van der Waals surface area contributed by atoms with Gasteiger partial charge < -0.3 is 19.1 Å². The van der Waals surface area contributed by atoms with E-state index >= 15 is 0 Å². The molecular weight excluding hydrogens is 462 g/mol. The van der Waals surface area contributed by atoms with Gasteiger partial charge in [-0.2, -0.15) is 4.31 Å². The van der Waals surface area contributed by atoms with Gasteiger partial charge in [0.15, 0.2) is 5.16 Å². The number of aliphatic hydroxyl groups is 1. The third kappa shape index (κ3) is 5.52. The minimum absolute atomic E-state index is 0.185. The number of nitrogens with zero attached hydrogens (tertiary/aromatic N) is 3. The van der Waals surface area contributed by atoms with E-state index in [0.29, 0.717) is 44.1 Å². The number of fused-ring (bicyclic) bond motifs is 1. The van der Waals surface area contributed by atoms with Crippen molar-refractivity contribution in [1.29, 1.82) is 0 Å². The second kappa shape index (κ2) is 10.4. The highest BCUT2D eigenvalue weighted by Crippen LogP contribution is 2.28. The average molecular weight is 492 g/mol. The fourth-order valence-electron chi connectivity index (χ4n) is 3.72. The molecule has 1 fully saturated rings. The van der Waals surface area contributed by atoms with E-state index in [4.69, 9.17) is 9.47 Å². The Morgan fingerprint density at radius 3 is 2.73 bits per heavy atom. The third-order valence-electron chi connectivity index (χ3n) is 5.45. The number of aliphatic hydroxyl groups excluding tert-OH is 1. The third-order valence-corrected chi connectivity index (χ3v) is 8.46. The maximum atomic E-state index is 13.0. The maximum Gasteiger partial charge on any atom is 0.243 e. The molecule has 0 spiro atoms. The topological polar surface area (TPSA) is 93.9 Å². The fourth-order valence-corrected chi connectivity index (χ4v) is 6.13. The van der Waals surface area contributed by atoms with Crippen LogP contribution in [0.25, 0.3) is 11.0 Å². The van der Waals surface area contributed by atoms with Crippen molar-refractivity contribution in [2.45, 2.75) is 36.5 Å². The molecule has 4 rings (SSSR count). The van der Waals surface area contributed by atoms with Gasteiger partial charge in [0.1, 0.15) is 12.4 Å². The van der Waals surface area contributed by atoms with Crippen LogP contribution in [0.2, 0.25) is 0 Å². The van der Waals surface area contributed by atoms with E-state index in [2.05, 4.69) is 4.98 Å². The van der Waals surface area contributed by atoms with Crippen LogP contribution in [0.4, 0.5) is 0 Å². The number of imidazole rings is 1. The van der Waals surface area contributed by atoms with E-state index in [9.17, 15) is 13.5 Å². The van der Waals surface area contributed by atoms with E-state index in [1.807, 2.05) is 42.7 Å². The zero-order chi connectivity index (χ0) is 23.4. The van der Waals surface area contributed by atoms with E-state index in [-0.39, 0.29) is 11.5 Å². The first-order valence-electron chi connectivity index (χ1n) is 11.0. The van der Waals surface area contributed by atoms with Crippen LogP contribution in [0.5, 0.6) is 5.75 Å². The van der Waals surface area contributed by atoms with Gasteiger partial charge in [0, 0.05) is 25.4 Å². The molecule has 1 atom stereocenters. The van der Waals surface area contributed by atoms with Gasteiger partial charge >= 0.3 is 0 Å². The van der Waals surface area contributed by atoms with E-state index in [1.165, 1.54) is 16.1 Å². The van der Waals surface area contributed by atoms with Crippen molar-refractivity contribution >= 4 is 32.8 Å². The van der Waals surface area contributed by atoms with E-state index in [1.54, 1.807) is 18.2 Å². The zero-order valence-electron chi connectivity index (χ0n) is 18.8. The molecule has 1 aromatic heterocycles. The van der Waals surface area contributed by atoms with Crippen molar-refractivity contribution in [3.8, 4) is 5.75 Å². The standard InChI is InChI=1S/C23H29N3O5S2/c1-3-26-22-8-7-20(33(28,29)25-9-11-30-12-10-25)14-21(22)24-23(26)32-16-18(27)15-31-19-6-4-5-17(2)13-19/h4-8,13-14,18,27H,3,9-12,15-16H2,1-2H3/t18-/m0/s1. The maximum absolute atomic E-state index is 13.0. The molecule has 0 saturated carbocycles. The highest BCUT2D eigenvalue weighted by atomic mass is 32.2. The van der Waals surface area contributed by atoms with Gasteiger partial charge in [0.25, 0.3) is 0 Å². The van der Waals surface area contributed by atoms with Crippen LogP contribution in [0.1, 0.15) is 12.5 Å². The van der Waals surface area contributed by atoms with Crippen molar-refractivity contribution in [2.24, 2.45) is 0 Å². The van der Waals surface area contributed by atoms with Gasteiger partial charge in [-0.1, -0.05) is 23.9 Å². The summed E-state index contributed by atoms with van der Waals surface area (Å²) in [4.78, 5) is 4.91. The van der Waals surface area contributed by atoms with Gasteiger partial charge in [-0.3, -0.25) is 0 Å². The number of rotatable bonds is 9. The van der Waals surface area contributed by atoms with Crippen molar-refractivity contribution in [3.63, 3.8) is 0 Å². The van der Waals surface area contributed by atoms with Crippen LogP contribution < -0.4 is 4.74 Å². The molecule has 10 heteroatoms. The largest absolute Gasteiger partial charge is 0.491 e. The van der Waals surface area contributed by atoms with Crippen LogP contribution in [0.3, 0.4) is 0 Å². The summed E-state index contributed by atoms with van der Waals surface area (Å²) in [5.74, 6) is 1.14. The van der Waals surface area contributed by atoms with E-state index in [0.717, 1.165) is 22.0 Å². The first-order valence-corrected chi connectivity index (χ1v) is 13.4. The molecule has 1 aliphatic rings. The summed E-state index contributed by atoms with van der Waals surface area (Å²) in [5, 5.41) is 11.1. The van der Waals surface area contributed by atoms with Crippen molar-refractivity contribution in [2.75, 3.05) is 38.7 Å². The van der Waals surface area contributed by atoms with Crippen LogP contribution >= 0.6 is 11.8 Å². The quantitative estimate of drug-likeness (QED) is 0.460. The van der Waals surface area contributed by atoms with Crippen molar-refractivity contribution in [1.82, 2.24) is 13.9 Å². The second-order valence-corrected chi connectivity index (χ2v) is 10.8. The molecular formula is C23H29N3O5S2. The Morgan fingerprint density at radius 2 is 2.00 bits per heavy atom. The van der Waals surface area contributed by atoms with Gasteiger partial charge in [0.2, 0.25) is 10.0 Å². The summed E-state index contributed by atoms with van der Waals surface area (Å²) < 4.78 is 40.4. The summed E-state index contributed by atoms with van der Waals surface area (Å²) in [6, 6.07) is 12.8. The van der Waals surface area contributed by atoms with Crippen molar-refractivity contribution < 1.29 is 23.0 Å². The first-order chi connectivity index (χ1) is 15.9. The van der Waals surface area contributed by atoms with Crippen molar-refractivity contribution in [3.05, 3.63) is 48.0 Å². The van der Waals surface area contributed by atoms with Crippen LogP contribution in [0, 0.1) is 6.92 Å². The fraction of sp³-hybridized carbons (Fsp3) is 0.435. The van der Waals surface area contributed by atoms with Crippen LogP contribution in [-0.2, 0) is 21.3 Å². The van der Waals surface area contributed by atoms with Crippen LogP contribution in [0.15, 0.2) is 52.5 Å². The molecule has 178 valence electrons. The lowest BCUT2D eigenvalue weighted by molar-refractivity contribution is 0.0730. The molecule has 0 bridgehead atoms. The van der Waals surface area contributed by atoms with Gasteiger partial charge in [-0.05, 0) is 49.7 Å². The van der Waals surface area contributed by atoms with Gasteiger partial charge in [0.05, 0.1) is 35.2 Å². The number of benzene rings is 2. The predicted octanol–water partition coefficient (Wildman–Crippen LogP) is 2.92. The molecule has 0 unspecified atom stereocenters. The lowest BCUT2D eigenvalue weighted by Crippen LogP contribution is -2.40. The molecule has 0 radical (unpaired) electrons. The number of hydrogen-bond donors (Lipinski definition) is 1. The van der Waals surface area contributed by atoms with Crippen LogP contribution in [-0.4, -0.2) is 72.1 Å². The molecule has 1 N–H and O–H groups in total. The Balaban J connectivity index is 1.46. The molecule has 1 saturated heterocycles. The molecule has 8 nitrogen and oxygen atoms in total. The summed E-state index contributed by atoms with van der Waals surface area (Å²) in [7, 11) is -3.59. The molecule has 2 heterocycles. The minimum atomic E-state index is -3.59. The molecule has 0 amide bonds. The summed E-state index contributed by atoms with van der Waals surface area (Å²) in [5.41, 5.74) is 2.59. The Morgan fingerprint density at radius 1 is 1.21 bits per heavy atom. The highest BCUT2D eigenvalue weighted by Gasteiger charge is 2.27. The predicted molar refractivity (Wildman–Crippen MR) is 128 cm³/mol. The number of thioether (sulfide) groups is 1. The molecule has 3 aromatic rings. The average Bonchev–Trinajstić information content (AvgIpc) is 3.18. The normalized spacial score (nSPS) is 16.2. The molecule has 1 aliphatic heterocycles. The monoisotopic (exact) mass is 491 g/mol.